The van der Waals surface area contributed by atoms with Crippen molar-refractivity contribution >= 4 is 18.3 Å². The van der Waals surface area contributed by atoms with Gasteiger partial charge in [-0.2, -0.15) is 0 Å². The number of benzene rings is 1. The van der Waals surface area contributed by atoms with E-state index in [1.807, 2.05) is 6.92 Å². The molecular formula is C16H24ClF3N2O3. The van der Waals surface area contributed by atoms with Crippen molar-refractivity contribution in [2.24, 2.45) is 11.7 Å². The highest BCUT2D eigenvalue weighted by Crippen LogP contribution is 2.23. The first-order valence-electron chi connectivity index (χ1n) is 7.74. The molecule has 0 aliphatic heterocycles. The Morgan fingerprint density at radius 1 is 1.32 bits per heavy atom. The second-order valence-electron chi connectivity index (χ2n) is 5.58. The molecule has 4 N–H and O–H groups in total. The second-order valence-corrected chi connectivity index (χ2v) is 5.58. The zero-order valence-electron chi connectivity index (χ0n) is 13.9. The van der Waals surface area contributed by atoms with Crippen LogP contribution in [0.4, 0.5) is 13.2 Å². The molecule has 0 fully saturated rings. The molecule has 1 rings (SSSR count). The molecule has 2 atom stereocenters. The number of alkyl halides is 3. The van der Waals surface area contributed by atoms with Crippen molar-refractivity contribution in [3.05, 3.63) is 29.8 Å². The van der Waals surface area contributed by atoms with Crippen molar-refractivity contribution in [2.45, 2.75) is 38.6 Å². The number of hydrogen-bond donors (Lipinski definition) is 3. The van der Waals surface area contributed by atoms with Gasteiger partial charge < -0.3 is 20.9 Å². The summed E-state index contributed by atoms with van der Waals surface area (Å²) < 4.78 is 40.1. The van der Waals surface area contributed by atoms with E-state index in [4.69, 9.17) is 5.73 Å². The number of carbonyl (C=O) groups is 1. The molecule has 0 aliphatic rings. The first-order chi connectivity index (χ1) is 11.2. The van der Waals surface area contributed by atoms with Crippen LogP contribution in [-0.2, 0) is 11.2 Å². The van der Waals surface area contributed by atoms with E-state index in [9.17, 15) is 23.1 Å². The maximum absolute atomic E-state index is 12.1. The molecule has 9 heteroatoms. The zero-order valence-corrected chi connectivity index (χ0v) is 14.7. The van der Waals surface area contributed by atoms with Crippen molar-refractivity contribution < 1.29 is 27.8 Å². The second kappa shape index (κ2) is 11.2. The number of nitrogens with one attached hydrogen (secondary N) is 1. The maximum Gasteiger partial charge on any atom is 0.573 e. The predicted octanol–water partition coefficient (Wildman–Crippen LogP) is 2.40. The fourth-order valence-corrected chi connectivity index (χ4v) is 2.18. The topological polar surface area (TPSA) is 84.6 Å². The number of aliphatic hydroxyl groups excluding tert-OH is 1. The van der Waals surface area contributed by atoms with Gasteiger partial charge in [-0.25, -0.2) is 0 Å². The van der Waals surface area contributed by atoms with Gasteiger partial charge in [-0.05, 0) is 30.5 Å². The highest BCUT2D eigenvalue weighted by molar-refractivity contribution is 5.85. The maximum atomic E-state index is 12.1. The Morgan fingerprint density at radius 3 is 2.40 bits per heavy atom. The number of rotatable bonds is 9. The monoisotopic (exact) mass is 384 g/mol. The summed E-state index contributed by atoms with van der Waals surface area (Å²) >= 11 is 0. The van der Waals surface area contributed by atoms with Crippen LogP contribution in [0.1, 0.15) is 25.3 Å². The first kappa shape index (κ1) is 23.5. The van der Waals surface area contributed by atoms with Gasteiger partial charge in [-0.3, -0.25) is 4.79 Å². The molecule has 5 nitrogen and oxygen atoms in total. The van der Waals surface area contributed by atoms with Crippen LogP contribution in [0.2, 0.25) is 0 Å². The summed E-state index contributed by atoms with van der Waals surface area (Å²) in [6, 6.07) is 4.84. The molecule has 0 aliphatic carbocycles. The molecular weight excluding hydrogens is 361 g/mol. The number of carbonyl (C=O) groups excluding carboxylic acids is 1. The van der Waals surface area contributed by atoms with Crippen molar-refractivity contribution in [1.29, 1.82) is 0 Å². The lowest BCUT2D eigenvalue weighted by Crippen LogP contribution is -2.43. The lowest BCUT2D eigenvalue weighted by Gasteiger charge is -2.17. The van der Waals surface area contributed by atoms with Crippen LogP contribution < -0.4 is 15.8 Å². The van der Waals surface area contributed by atoms with E-state index in [2.05, 4.69) is 10.1 Å². The van der Waals surface area contributed by atoms with E-state index in [-0.39, 0.29) is 43.1 Å². The van der Waals surface area contributed by atoms with Crippen LogP contribution in [0, 0.1) is 5.92 Å². The summed E-state index contributed by atoms with van der Waals surface area (Å²) in [5, 5.41) is 12.1. The number of ether oxygens (including phenoxy) is 1. The van der Waals surface area contributed by atoms with E-state index in [1.165, 1.54) is 24.3 Å². The predicted molar refractivity (Wildman–Crippen MR) is 90.5 cm³/mol. The average molecular weight is 385 g/mol. The molecule has 0 saturated carbocycles. The Hall–Kier alpha value is -1.51. The minimum absolute atomic E-state index is 0. The SMILES string of the molecule is CCCC(N)C(=O)NCC(CO)Cc1ccc(OC(F)(F)F)cc1.Cl. The summed E-state index contributed by atoms with van der Waals surface area (Å²) in [6.07, 6.45) is -2.94. The Balaban J connectivity index is 0.00000576. The van der Waals surface area contributed by atoms with E-state index in [0.29, 0.717) is 12.8 Å². The minimum Gasteiger partial charge on any atom is -0.406 e. The summed E-state index contributed by atoms with van der Waals surface area (Å²) in [4.78, 5) is 11.7. The molecule has 1 amide bonds. The van der Waals surface area contributed by atoms with Gasteiger partial charge in [0.15, 0.2) is 0 Å². The molecule has 1 aromatic carbocycles. The Bertz CT molecular complexity index is 512. The third-order valence-electron chi connectivity index (χ3n) is 3.44. The van der Waals surface area contributed by atoms with Gasteiger partial charge in [0.1, 0.15) is 5.75 Å². The first-order valence-corrected chi connectivity index (χ1v) is 7.74. The van der Waals surface area contributed by atoms with E-state index in [0.717, 1.165) is 12.0 Å². The van der Waals surface area contributed by atoms with Gasteiger partial charge in [0.05, 0.1) is 6.04 Å². The molecule has 0 heterocycles. The number of hydrogen-bond acceptors (Lipinski definition) is 4. The zero-order chi connectivity index (χ0) is 18.2. The average Bonchev–Trinajstić information content (AvgIpc) is 2.51. The van der Waals surface area contributed by atoms with Crippen molar-refractivity contribution in [2.75, 3.05) is 13.2 Å². The molecule has 0 aromatic heterocycles. The molecule has 0 saturated heterocycles. The van der Waals surface area contributed by atoms with Crippen molar-refractivity contribution in [3.63, 3.8) is 0 Å². The molecule has 25 heavy (non-hydrogen) atoms. The summed E-state index contributed by atoms with van der Waals surface area (Å²) in [6.45, 7) is 2.01. The van der Waals surface area contributed by atoms with E-state index < -0.39 is 12.4 Å². The van der Waals surface area contributed by atoms with Gasteiger partial charge in [-0.1, -0.05) is 25.5 Å². The van der Waals surface area contributed by atoms with Crippen LogP contribution in [0.15, 0.2) is 24.3 Å². The highest BCUT2D eigenvalue weighted by atomic mass is 35.5. The van der Waals surface area contributed by atoms with Crippen molar-refractivity contribution in [1.82, 2.24) is 5.32 Å². The molecule has 1 aromatic rings. The van der Waals surface area contributed by atoms with Gasteiger partial charge in [0, 0.05) is 19.1 Å². The number of nitrogens with two attached hydrogens (primary N) is 1. The lowest BCUT2D eigenvalue weighted by molar-refractivity contribution is -0.274. The normalized spacial score (nSPS) is 13.5. The number of halogens is 4. The van der Waals surface area contributed by atoms with E-state index >= 15 is 0 Å². The van der Waals surface area contributed by atoms with Gasteiger partial charge in [-0.15, -0.1) is 25.6 Å². The number of aliphatic hydroxyl groups is 1. The fourth-order valence-electron chi connectivity index (χ4n) is 2.18. The summed E-state index contributed by atoms with van der Waals surface area (Å²) in [5.41, 5.74) is 6.43. The third-order valence-corrected chi connectivity index (χ3v) is 3.44. The van der Waals surface area contributed by atoms with Crippen LogP contribution in [0.5, 0.6) is 5.75 Å². The molecule has 0 spiro atoms. The lowest BCUT2D eigenvalue weighted by atomic mass is 9.99. The van der Waals surface area contributed by atoms with E-state index in [1.54, 1.807) is 0 Å². The smallest absolute Gasteiger partial charge is 0.406 e. The van der Waals surface area contributed by atoms with Crippen LogP contribution >= 0.6 is 12.4 Å². The number of amides is 1. The molecule has 2 unspecified atom stereocenters. The Morgan fingerprint density at radius 2 is 1.92 bits per heavy atom. The Kier molecular flexibility index (Phi) is 10.5. The Labute approximate surface area is 151 Å². The van der Waals surface area contributed by atoms with Crippen LogP contribution in [0.3, 0.4) is 0 Å². The molecule has 144 valence electrons. The van der Waals surface area contributed by atoms with Crippen molar-refractivity contribution in [3.8, 4) is 5.75 Å². The quantitative estimate of drug-likeness (QED) is 0.610. The van der Waals surface area contributed by atoms with Crippen LogP contribution in [-0.4, -0.2) is 36.6 Å². The minimum atomic E-state index is -4.73. The third kappa shape index (κ3) is 9.52. The van der Waals surface area contributed by atoms with Gasteiger partial charge in [0.2, 0.25) is 5.91 Å². The molecule has 0 radical (unpaired) electrons. The van der Waals surface area contributed by atoms with Gasteiger partial charge in [0.25, 0.3) is 0 Å². The van der Waals surface area contributed by atoms with Gasteiger partial charge >= 0.3 is 6.36 Å². The van der Waals surface area contributed by atoms with Crippen LogP contribution in [0.25, 0.3) is 0 Å². The largest absolute Gasteiger partial charge is 0.573 e. The summed E-state index contributed by atoms with van der Waals surface area (Å²) in [7, 11) is 0. The summed E-state index contributed by atoms with van der Waals surface area (Å²) in [5.74, 6) is -0.827. The fraction of sp³-hybridized carbons (Fsp3) is 0.562. The highest BCUT2D eigenvalue weighted by Gasteiger charge is 2.30. The molecule has 0 bridgehead atoms. The standard InChI is InChI=1S/C16H23F3N2O3.ClH/c1-2-3-14(20)15(23)21-9-12(10-22)8-11-4-6-13(7-5-11)24-16(17,18)19;/h4-7,12,14,22H,2-3,8-10,20H2,1H3,(H,21,23);1H.